The van der Waals surface area contributed by atoms with E-state index >= 15 is 0 Å². The Labute approximate surface area is 131 Å². The molecule has 0 saturated heterocycles. The van der Waals surface area contributed by atoms with Crippen LogP contribution in [0.5, 0.6) is 5.75 Å². The summed E-state index contributed by atoms with van der Waals surface area (Å²) in [6.45, 7) is 0.391. The van der Waals surface area contributed by atoms with Crippen LogP contribution in [0.3, 0.4) is 0 Å². The summed E-state index contributed by atoms with van der Waals surface area (Å²) in [5.41, 5.74) is 6.12. The molecule has 3 rings (SSSR count). The topological polar surface area (TPSA) is 77.2 Å². The van der Waals surface area contributed by atoms with E-state index in [0.29, 0.717) is 24.4 Å². The number of amides is 1. The number of carbonyl (C=O) groups excluding carboxylic acids is 1. The van der Waals surface area contributed by atoms with Crippen LogP contribution in [0.4, 0.5) is 10.2 Å². The maximum Gasteiger partial charge on any atom is 0.250 e. The monoisotopic (exact) mass is 321 g/mol. The molecule has 0 bridgehead atoms. The fourth-order valence-corrected chi connectivity index (χ4v) is 2.60. The number of para-hydroxylation sites is 1. The Morgan fingerprint density at radius 1 is 1.50 bits per heavy atom. The Balaban J connectivity index is 1.89. The highest BCUT2D eigenvalue weighted by atomic mass is 35.5. The van der Waals surface area contributed by atoms with Gasteiger partial charge in [-0.2, -0.15) is 0 Å². The molecule has 1 aromatic carbocycles. The first-order valence-electron chi connectivity index (χ1n) is 6.69. The fraction of sp³-hybridized carbons (Fsp3) is 0.200. The normalized spacial score (nSPS) is 16.5. The highest BCUT2D eigenvalue weighted by Crippen LogP contribution is 2.36. The van der Waals surface area contributed by atoms with E-state index in [1.54, 1.807) is 12.1 Å². The number of pyridine rings is 1. The number of benzene rings is 1. The van der Waals surface area contributed by atoms with E-state index in [0.717, 1.165) is 0 Å². The zero-order valence-corrected chi connectivity index (χ0v) is 12.2. The number of rotatable bonds is 3. The van der Waals surface area contributed by atoms with Crippen molar-refractivity contribution in [3.63, 3.8) is 0 Å². The molecule has 22 heavy (non-hydrogen) atoms. The first-order valence-corrected chi connectivity index (χ1v) is 7.07. The third kappa shape index (κ3) is 2.69. The lowest BCUT2D eigenvalue weighted by Gasteiger charge is -2.27. The molecule has 114 valence electrons. The number of fused-ring (bicyclic) bond motifs is 1. The van der Waals surface area contributed by atoms with Gasteiger partial charge in [0.15, 0.2) is 11.6 Å². The maximum atomic E-state index is 13.8. The fourth-order valence-electron chi connectivity index (χ4n) is 2.38. The van der Waals surface area contributed by atoms with Gasteiger partial charge < -0.3 is 15.8 Å². The van der Waals surface area contributed by atoms with Gasteiger partial charge in [0.1, 0.15) is 5.82 Å². The molecule has 0 fully saturated rings. The molecule has 1 atom stereocenters. The molecule has 0 spiro atoms. The third-order valence-electron chi connectivity index (χ3n) is 3.46. The van der Waals surface area contributed by atoms with Crippen LogP contribution < -0.4 is 15.8 Å². The number of carbonyl (C=O) groups is 1. The summed E-state index contributed by atoms with van der Waals surface area (Å²) >= 11 is 6.11. The molecule has 0 radical (unpaired) electrons. The largest absolute Gasteiger partial charge is 0.490 e. The Morgan fingerprint density at radius 2 is 2.32 bits per heavy atom. The standard InChI is InChI=1S/C15H13ClFN3O2/c16-10-6-8(14(18)21)7-19-15(10)20-12-4-5-22-13-9(12)2-1-3-11(13)17/h1-3,6-7,12H,4-5H2,(H2,18,21)(H,19,20)/t12-/m0/s1. The van der Waals surface area contributed by atoms with E-state index in [1.807, 2.05) is 0 Å². The van der Waals surface area contributed by atoms with Crippen molar-refractivity contribution < 1.29 is 13.9 Å². The molecule has 1 aliphatic rings. The zero-order valence-electron chi connectivity index (χ0n) is 11.5. The first-order chi connectivity index (χ1) is 10.6. The van der Waals surface area contributed by atoms with Crippen LogP contribution in [0.25, 0.3) is 0 Å². The van der Waals surface area contributed by atoms with E-state index in [-0.39, 0.29) is 22.4 Å². The number of nitrogens with two attached hydrogens (primary N) is 1. The number of anilines is 1. The maximum absolute atomic E-state index is 13.8. The minimum Gasteiger partial charge on any atom is -0.490 e. The van der Waals surface area contributed by atoms with Gasteiger partial charge in [-0.3, -0.25) is 4.79 Å². The number of hydrogen-bond donors (Lipinski definition) is 2. The molecule has 3 N–H and O–H groups in total. The molecule has 1 amide bonds. The van der Waals surface area contributed by atoms with E-state index in [1.165, 1.54) is 18.3 Å². The van der Waals surface area contributed by atoms with Gasteiger partial charge in [0.2, 0.25) is 5.91 Å². The molecule has 2 aromatic rings. The molecule has 1 aliphatic heterocycles. The van der Waals surface area contributed by atoms with E-state index in [2.05, 4.69) is 10.3 Å². The lowest BCUT2D eigenvalue weighted by atomic mass is 10.0. The van der Waals surface area contributed by atoms with Gasteiger partial charge in [-0.25, -0.2) is 9.37 Å². The van der Waals surface area contributed by atoms with Crippen LogP contribution in [0, 0.1) is 5.82 Å². The smallest absolute Gasteiger partial charge is 0.250 e. The van der Waals surface area contributed by atoms with Crippen molar-refractivity contribution >= 4 is 23.3 Å². The summed E-state index contributed by atoms with van der Waals surface area (Å²) in [4.78, 5) is 15.2. The average Bonchev–Trinajstić information content (AvgIpc) is 2.50. The lowest BCUT2D eigenvalue weighted by Crippen LogP contribution is -2.22. The molecule has 5 nitrogen and oxygen atoms in total. The van der Waals surface area contributed by atoms with E-state index in [9.17, 15) is 9.18 Å². The van der Waals surface area contributed by atoms with Crippen molar-refractivity contribution in [2.24, 2.45) is 5.73 Å². The summed E-state index contributed by atoms with van der Waals surface area (Å²) in [5, 5.41) is 3.44. The Morgan fingerprint density at radius 3 is 3.05 bits per heavy atom. The van der Waals surface area contributed by atoms with Gasteiger partial charge in [0, 0.05) is 18.2 Å². The number of nitrogens with zero attached hydrogens (tertiary/aromatic N) is 1. The van der Waals surface area contributed by atoms with Crippen LogP contribution in [0.15, 0.2) is 30.5 Å². The minimum absolute atomic E-state index is 0.177. The molecular weight excluding hydrogens is 309 g/mol. The highest BCUT2D eigenvalue weighted by molar-refractivity contribution is 6.33. The summed E-state index contributed by atoms with van der Waals surface area (Å²) in [6, 6.07) is 6.05. The molecule has 2 heterocycles. The Bertz CT molecular complexity index is 739. The molecule has 0 saturated carbocycles. The van der Waals surface area contributed by atoms with Crippen molar-refractivity contribution in [2.75, 3.05) is 11.9 Å². The van der Waals surface area contributed by atoms with E-state index in [4.69, 9.17) is 22.1 Å². The Kier molecular flexibility index (Phi) is 3.85. The van der Waals surface area contributed by atoms with Gasteiger partial charge in [-0.15, -0.1) is 0 Å². The van der Waals surface area contributed by atoms with Crippen molar-refractivity contribution in [1.82, 2.24) is 4.98 Å². The molecule has 0 unspecified atom stereocenters. The van der Waals surface area contributed by atoms with Gasteiger partial charge in [0.05, 0.1) is 23.2 Å². The van der Waals surface area contributed by atoms with Crippen LogP contribution in [-0.2, 0) is 0 Å². The van der Waals surface area contributed by atoms with Crippen molar-refractivity contribution in [3.05, 3.63) is 52.4 Å². The highest BCUT2D eigenvalue weighted by Gasteiger charge is 2.24. The molecule has 0 aliphatic carbocycles. The van der Waals surface area contributed by atoms with Crippen LogP contribution in [-0.4, -0.2) is 17.5 Å². The summed E-state index contributed by atoms with van der Waals surface area (Å²) in [5.74, 6) is -0.337. The second kappa shape index (κ2) is 5.81. The molecule has 1 aromatic heterocycles. The number of ether oxygens (including phenoxy) is 1. The van der Waals surface area contributed by atoms with Crippen molar-refractivity contribution in [2.45, 2.75) is 12.5 Å². The summed E-state index contributed by atoms with van der Waals surface area (Å²) in [7, 11) is 0. The van der Waals surface area contributed by atoms with Gasteiger partial charge in [-0.05, 0) is 12.1 Å². The second-order valence-corrected chi connectivity index (χ2v) is 5.32. The molecule has 7 heteroatoms. The van der Waals surface area contributed by atoms with Gasteiger partial charge in [0.25, 0.3) is 0 Å². The minimum atomic E-state index is -0.598. The number of aromatic nitrogens is 1. The number of halogens is 2. The number of primary amides is 1. The van der Waals surface area contributed by atoms with Crippen molar-refractivity contribution in [1.29, 1.82) is 0 Å². The summed E-state index contributed by atoms with van der Waals surface area (Å²) < 4.78 is 19.1. The van der Waals surface area contributed by atoms with Crippen LogP contribution in [0.1, 0.15) is 28.4 Å². The predicted octanol–water partition coefficient (Wildman–Crippen LogP) is 2.91. The van der Waals surface area contributed by atoms with Crippen LogP contribution >= 0.6 is 11.6 Å². The lowest BCUT2D eigenvalue weighted by molar-refractivity contribution is 0.1000. The van der Waals surface area contributed by atoms with E-state index < -0.39 is 11.7 Å². The summed E-state index contributed by atoms with van der Waals surface area (Å²) in [6.07, 6.45) is 1.99. The quantitative estimate of drug-likeness (QED) is 0.911. The molecular formula is C15H13ClFN3O2. The zero-order chi connectivity index (χ0) is 15.7. The Hall–Kier alpha value is -2.34. The number of nitrogens with one attached hydrogen (secondary N) is 1. The van der Waals surface area contributed by atoms with Gasteiger partial charge in [-0.1, -0.05) is 23.7 Å². The average molecular weight is 322 g/mol. The SMILES string of the molecule is NC(=O)c1cnc(N[C@H]2CCOc3c(F)cccc32)c(Cl)c1. The van der Waals surface area contributed by atoms with Gasteiger partial charge >= 0.3 is 0 Å². The first kappa shape index (κ1) is 14.6. The number of hydrogen-bond acceptors (Lipinski definition) is 4. The van der Waals surface area contributed by atoms with Crippen molar-refractivity contribution in [3.8, 4) is 5.75 Å². The van der Waals surface area contributed by atoms with Crippen LogP contribution in [0.2, 0.25) is 5.02 Å². The third-order valence-corrected chi connectivity index (χ3v) is 3.75. The second-order valence-electron chi connectivity index (χ2n) is 4.91. The predicted molar refractivity (Wildman–Crippen MR) is 80.6 cm³/mol.